The highest BCUT2D eigenvalue weighted by Gasteiger charge is 2.19. The van der Waals surface area contributed by atoms with Gasteiger partial charge in [-0.05, 0) is 25.0 Å². The normalized spacial score (nSPS) is 13.5. The van der Waals surface area contributed by atoms with Crippen LogP contribution in [-0.4, -0.2) is 36.3 Å². The zero-order chi connectivity index (χ0) is 20.6. The number of hydrogen-bond acceptors (Lipinski definition) is 5. The number of ether oxygens (including phenoxy) is 1. The van der Waals surface area contributed by atoms with E-state index in [1.165, 1.54) is 24.3 Å². The predicted octanol–water partition coefficient (Wildman–Crippen LogP) is 2.84. The Hall–Kier alpha value is -3.48. The number of carbonyl (C=O) groups excluding carboxylic acids is 4. The van der Waals surface area contributed by atoms with E-state index >= 15 is 0 Å². The van der Waals surface area contributed by atoms with Crippen LogP contribution in [0.2, 0.25) is 0 Å². The Morgan fingerprint density at radius 1 is 0.828 bits per heavy atom. The van der Waals surface area contributed by atoms with Crippen LogP contribution in [0, 0.1) is 0 Å². The van der Waals surface area contributed by atoms with Crippen molar-refractivity contribution in [1.29, 1.82) is 0 Å². The number of benzene rings is 2. The number of urea groups is 1. The van der Waals surface area contributed by atoms with Crippen LogP contribution in [0.25, 0.3) is 0 Å². The molecule has 7 nitrogen and oxygen atoms in total. The van der Waals surface area contributed by atoms with Crippen LogP contribution < -0.4 is 10.6 Å². The molecule has 0 radical (unpaired) electrons. The van der Waals surface area contributed by atoms with Crippen LogP contribution in [-0.2, 0) is 9.53 Å². The van der Waals surface area contributed by atoms with E-state index in [0.29, 0.717) is 11.1 Å². The molecule has 3 rings (SSSR count). The van der Waals surface area contributed by atoms with Gasteiger partial charge in [0.1, 0.15) is 0 Å². The molecule has 2 N–H and O–H groups in total. The molecular weight excluding hydrogens is 372 g/mol. The summed E-state index contributed by atoms with van der Waals surface area (Å²) in [6, 6.07) is 14.3. The summed E-state index contributed by atoms with van der Waals surface area (Å²) in [6.07, 6.45) is 3.93. The highest BCUT2D eigenvalue weighted by atomic mass is 16.5. The lowest BCUT2D eigenvalue weighted by Crippen LogP contribution is -2.44. The lowest BCUT2D eigenvalue weighted by Gasteiger charge is -2.12. The van der Waals surface area contributed by atoms with Gasteiger partial charge in [0, 0.05) is 17.2 Å². The van der Waals surface area contributed by atoms with Crippen molar-refractivity contribution in [2.75, 3.05) is 6.61 Å². The van der Waals surface area contributed by atoms with E-state index in [4.69, 9.17) is 4.74 Å². The molecule has 7 heteroatoms. The molecule has 1 fully saturated rings. The standard InChI is InChI=1S/C22H22N2O5/c25-19(24-22(28)23-18-8-4-5-9-18)14-29-21(27)17-12-10-16(11-13-17)20(26)15-6-2-1-3-7-15/h1-3,6-7,10-13,18H,4-5,8-9,14H2,(H2,23,24,25,28). The summed E-state index contributed by atoms with van der Waals surface area (Å²) in [5.74, 6) is -1.57. The van der Waals surface area contributed by atoms with E-state index in [1.807, 2.05) is 6.07 Å². The molecule has 0 atom stereocenters. The van der Waals surface area contributed by atoms with Crippen LogP contribution >= 0.6 is 0 Å². The zero-order valence-electron chi connectivity index (χ0n) is 15.9. The monoisotopic (exact) mass is 394 g/mol. The molecule has 1 aliphatic rings. The van der Waals surface area contributed by atoms with Crippen molar-refractivity contribution in [1.82, 2.24) is 10.6 Å². The molecule has 0 aromatic heterocycles. The fourth-order valence-corrected chi connectivity index (χ4v) is 3.18. The zero-order valence-corrected chi connectivity index (χ0v) is 15.9. The van der Waals surface area contributed by atoms with Crippen LogP contribution in [0.3, 0.4) is 0 Å². The number of esters is 1. The first-order chi connectivity index (χ1) is 14.0. The molecule has 0 bridgehead atoms. The number of ketones is 1. The second-order valence-corrected chi connectivity index (χ2v) is 6.85. The highest BCUT2D eigenvalue weighted by molar-refractivity contribution is 6.09. The fourth-order valence-electron chi connectivity index (χ4n) is 3.18. The molecule has 2 aromatic rings. The van der Waals surface area contributed by atoms with Gasteiger partial charge >= 0.3 is 12.0 Å². The average molecular weight is 394 g/mol. The maximum atomic E-state index is 12.4. The van der Waals surface area contributed by atoms with Gasteiger partial charge in [-0.2, -0.15) is 0 Å². The number of carbonyl (C=O) groups is 4. The third kappa shape index (κ3) is 5.75. The van der Waals surface area contributed by atoms with Crippen LogP contribution in [0.5, 0.6) is 0 Å². The largest absolute Gasteiger partial charge is 0.452 e. The van der Waals surface area contributed by atoms with E-state index < -0.39 is 24.5 Å². The number of rotatable bonds is 6. The summed E-state index contributed by atoms with van der Waals surface area (Å²) in [4.78, 5) is 47.9. The van der Waals surface area contributed by atoms with Gasteiger partial charge < -0.3 is 10.1 Å². The molecule has 0 spiro atoms. The van der Waals surface area contributed by atoms with Crippen molar-refractivity contribution in [3.05, 3.63) is 71.3 Å². The van der Waals surface area contributed by atoms with E-state index in [2.05, 4.69) is 10.6 Å². The Kier molecular flexibility index (Phi) is 6.73. The Balaban J connectivity index is 1.47. The maximum absolute atomic E-state index is 12.4. The van der Waals surface area contributed by atoms with Crippen molar-refractivity contribution in [2.24, 2.45) is 0 Å². The van der Waals surface area contributed by atoms with Gasteiger partial charge in [0.05, 0.1) is 5.56 Å². The molecule has 2 aromatic carbocycles. The molecule has 0 unspecified atom stereocenters. The molecule has 0 saturated heterocycles. The Morgan fingerprint density at radius 3 is 2.07 bits per heavy atom. The minimum absolute atomic E-state index is 0.0856. The van der Waals surface area contributed by atoms with Gasteiger partial charge in [0.15, 0.2) is 12.4 Å². The van der Waals surface area contributed by atoms with E-state index in [-0.39, 0.29) is 17.4 Å². The van der Waals surface area contributed by atoms with E-state index in [0.717, 1.165) is 25.7 Å². The molecule has 1 aliphatic carbocycles. The van der Waals surface area contributed by atoms with Crippen molar-refractivity contribution in [2.45, 2.75) is 31.7 Å². The summed E-state index contributed by atoms with van der Waals surface area (Å²) in [5, 5.41) is 4.86. The summed E-state index contributed by atoms with van der Waals surface area (Å²) < 4.78 is 4.93. The van der Waals surface area contributed by atoms with Gasteiger partial charge in [0.2, 0.25) is 0 Å². The summed E-state index contributed by atoms with van der Waals surface area (Å²) in [5.41, 5.74) is 1.20. The molecule has 3 amide bonds. The maximum Gasteiger partial charge on any atom is 0.338 e. The predicted molar refractivity (Wildman–Crippen MR) is 106 cm³/mol. The van der Waals surface area contributed by atoms with Crippen molar-refractivity contribution in [3.8, 4) is 0 Å². The molecular formula is C22H22N2O5. The van der Waals surface area contributed by atoms with Crippen LogP contribution in [0.4, 0.5) is 4.79 Å². The Bertz CT molecular complexity index is 887. The van der Waals surface area contributed by atoms with Crippen molar-refractivity contribution < 1.29 is 23.9 Å². The number of nitrogens with one attached hydrogen (secondary N) is 2. The van der Waals surface area contributed by atoms with E-state index in [1.54, 1.807) is 24.3 Å². The second-order valence-electron chi connectivity index (χ2n) is 6.85. The summed E-state index contributed by atoms with van der Waals surface area (Å²) in [6.45, 7) is -0.568. The van der Waals surface area contributed by atoms with Crippen LogP contribution in [0.15, 0.2) is 54.6 Å². The average Bonchev–Trinajstić information content (AvgIpc) is 3.25. The van der Waals surface area contributed by atoms with Gasteiger partial charge in [-0.25, -0.2) is 9.59 Å². The van der Waals surface area contributed by atoms with Gasteiger partial charge in [-0.1, -0.05) is 55.3 Å². The molecule has 29 heavy (non-hydrogen) atoms. The number of imide groups is 1. The Labute approximate surface area is 168 Å². The quantitative estimate of drug-likeness (QED) is 0.579. The molecule has 0 aliphatic heterocycles. The minimum Gasteiger partial charge on any atom is -0.452 e. The Morgan fingerprint density at radius 2 is 1.41 bits per heavy atom. The fraction of sp³-hybridized carbons (Fsp3) is 0.273. The smallest absolute Gasteiger partial charge is 0.338 e. The van der Waals surface area contributed by atoms with Crippen LogP contribution in [0.1, 0.15) is 52.0 Å². The van der Waals surface area contributed by atoms with Crippen molar-refractivity contribution >= 4 is 23.7 Å². The number of hydrogen-bond donors (Lipinski definition) is 2. The van der Waals surface area contributed by atoms with Crippen molar-refractivity contribution in [3.63, 3.8) is 0 Å². The summed E-state index contributed by atoms with van der Waals surface area (Å²) >= 11 is 0. The summed E-state index contributed by atoms with van der Waals surface area (Å²) in [7, 11) is 0. The number of amides is 3. The van der Waals surface area contributed by atoms with Gasteiger partial charge in [-0.15, -0.1) is 0 Å². The lowest BCUT2D eigenvalue weighted by molar-refractivity contribution is -0.123. The molecule has 150 valence electrons. The first kappa shape index (κ1) is 20.3. The minimum atomic E-state index is -0.713. The molecule has 0 heterocycles. The molecule has 1 saturated carbocycles. The van der Waals surface area contributed by atoms with E-state index in [9.17, 15) is 19.2 Å². The first-order valence-electron chi connectivity index (χ1n) is 9.50. The lowest BCUT2D eigenvalue weighted by atomic mass is 10.0. The second kappa shape index (κ2) is 9.64. The highest BCUT2D eigenvalue weighted by Crippen LogP contribution is 2.17. The topological polar surface area (TPSA) is 102 Å². The third-order valence-corrected chi connectivity index (χ3v) is 4.70. The SMILES string of the molecule is O=C(COC(=O)c1ccc(C(=O)c2ccccc2)cc1)NC(=O)NC1CCCC1. The van der Waals surface area contributed by atoms with Gasteiger partial charge in [-0.3, -0.25) is 14.9 Å². The van der Waals surface area contributed by atoms with Gasteiger partial charge in [0.25, 0.3) is 5.91 Å². The third-order valence-electron chi connectivity index (χ3n) is 4.70. The first-order valence-corrected chi connectivity index (χ1v) is 9.50.